The van der Waals surface area contributed by atoms with Crippen molar-refractivity contribution >= 4 is 11.9 Å². The van der Waals surface area contributed by atoms with Gasteiger partial charge in [0.2, 0.25) is 0 Å². The van der Waals surface area contributed by atoms with Gasteiger partial charge in [-0.25, -0.2) is 0 Å². The summed E-state index contributed by atoms with van der Waals surface area (Å²) in [6, 6.07) is 12.1. The molecule has 7 nitrogen and oxygen atoms in total. The van der Waals surface area contributed by atoms with Gasteiger partial charge >= 0.3 is 5.97 Å². The number of nitrogens with zero attached hydrogens (tertiary/aromatic N) is 3. The quantitative estimate of drug-likeness (QED) is 0.338. The van der Waals surface area contributed by atoms with Crippen LogP contribution >= 0.6 is 0 Å². The van der Waals surface area contributed by atoms with Gasteiger partial charge in [-0.2, -0.15) is 5.26 Å². The first-order chi connectivity index (χ1) is 12.6. The first kappa shape index (κ1) is 19.5. The molecule has 1 aliphatic heterocycles. The number of methoxy groups -OCH3 is 1. The molecule has 1 amide bonds. The summed E-state index contributed by atoms with van der Waals surface area (Å²) in [5, 5.41) is 12.0. The standard InChI is InChI=1S/C19H24N4O3/c1-26-18(24)7-8-21-14-17(13-20)19(25)23-11-9-22(10-12-23)15-16-5-3-2-4-6-16/h2-6,14,21H,7-12,15H2,1H3/b17-14-. The van der Waals surface area contributed by atoms with Crippen molar-refractivity contribution in [3.63, 3.8) is 0 Å². The van der Waals surface area contributed by atoms with Crippen molar-refractivity contribution in [2.24, 2.45) is 0 Å². The third kappa shape index (κ3) is 5.90. The highest BCUT2D eigenvalue weighted by atomic mass is 16.5. The van der Waals surface area contributed by atoms with Gasteiger partial charge in [0.25, 0.3) is 5.91 Å². The summed E-state index contributed by atoms with van der Waals surface area (Å²) in [5.74, 6) is -0.622. The summed E-state index contributed by atoms with van der Waals surface area (Å²) in [5.41, 5.74) is 1.30. The summed E-state index contributed by atoms with van der Waals surface area (Å²) < 4.78 is 4.53. The largest absolute Gasteiger partial charge is 0.469 e. The van der Waals surface area contributed by atoms with E-state index in [-0.39, 0.29) is 23.9 Å². The zero-order chi connectivity index (χ0) is 18.8. The number of piperazine rings is 1. The Morgan fingerprint density at radius 3 is 2.54 bits per heavy atom. The summed E-state index contributed by atoms with van der Waals surface area (Å²) in [6.45, 7) is 3.90. The lowest BCUT2D eigenvalue weighted by Crippen LogP contribution is -2.48. The smallest absolute Gasteiger partial charge is 0.307 e. The Morgan fingerprint density at radius 2 is 1.92 bits per heavy atom. The Labute approximate surface area is 153 Å². The molecule has 1 saturated heterocycles. The molecule has 0 aliphatic carbocycles. The molecular weight excluding hydrogens is 332 g/mol. The van der Waals surface area contributed by atoms with Gasteiger partial charge in [-0.15, -0.1) is 0 Å². The number of amides is 1. The summed E-state index contributed by atoms with van der Waals surface area (Å²) >= 11 is 0. The van der Waals surface area contributed by atoms with Crippen molar-refractivity contribution in [1.29, 1.82) is 5.26 Å². The van der Waals surface area contributed by atoms with E-state index in [1.54, 1.807) is 4.90 Å². The molecule has 26 heavy (non-hydrogen) atoms. The van der Waals surface area contributed by atoms with Crippen molar-refractivity contribution in [3.8, 4) is 6.07 Å². The van der Waals surface area contributed by atoms with Crippen molar-refractivity contribution in [2.45, 2.75) is 13.0 Å². The van der Waals surface area contributed by atoms with Crippen LogP contribution in [0.3, 0.4) is 0 Å². The lowest BCUT2D eigenvalue weighted by Gasteiger charge is -2.34. The molecule has 1 aromatic rings. The van der Waals surface area contributed by atoms with Gasteiger partial charge in [-0.3, -0.25) is 14.5 Å². The number of hydrogen-bond donors (Lipinski definition) is 1. The highest BCUT2D eigenvalue weighted by molar-refractivity contribution is 5.97. The van der Waals surface area contributed by atoms with Crippen molar-refractivity contribution in [2.75, 3.05) is 39.8 Å². The monoisotopic (exact) mass is 356 g/mol. The van der Waals surface area contributed by atoms with E-state index >= 15 is 0 Å². The Bertz CT molecular complexity index is 674. The lowest BCUT2D eigenvalue weighted by atomic mass is 10.2. The summed E-state index contributed by atoms with van der Waals surface area (Å²) in [7, 11) is 1.32. The Hall–Kier alpha value is -2.85. The van der Waals surface area contributed by atoms with E-state index in [1.165, 1.54) is 18.9 Å². The molecule has 1 heterocycles. The fourth-order valence-electron chi connectivity index (χ4n) is 2.71. The number of rotatable bonds is 7. The van der Waals surface area contributed by atoms with Gasteiger partial charge in [0.15, 0.2) is 0 Å². The maximum absolute atomic E-state index is 12.5. The molecule has 0 saturated carbocycles. The van der Waals surface area contributed by atoms with Crippen molar-refractivity contribution < 1.29 is 14.3 Å². The van der Waals surface area contributed by atoms with Crippen LogP contribution in [0.5, 0.6) is 0 Å². The highest BCUT2D eigenvalue weighted by Gasteiger charge is 2.23. The highest BCUT2D eigenvalue weighted by Crippen LogP contribution is 2.10. The fourth-order valence-corrected chi connectivity index (χ4v) is 2.71. The zero-order valence-corrected chi connectivity index (χ0v) is 15.0. The number of carbonyl (C=O) groups is 2. The molecule has 7 heteroatoms. The minimum atomic E-state index is -0.342. The second kappa shape index (κ2) is 10.2. The first-order valence-corrected chi connectivity index (χ1v) is 8.60. The van der Waals surface area contributed by atoms with Gasteiger partial charge in [-0.05, 0) is 5.56 Å². The summed E-state index contributed by atoms with van der Waals surface area (Å²) in [4.78, 5) is 27.5. The molecule has 0 atom stereocenters. The molecule has 1 aliphatic rings. The number of nitriles is 1. The molecule has 1 N–H and O–H groups in total. The van der Waals surface area contributed by atoms with Crippen molar-refractivity contribution in [1.82, 2.24) is 15.1 Å². The van der Waals surface area contributed by atoms with E-state index in [9.17, 15) is 14.9 Å². The molecule has 0 aromatic heterocycles. The van der Waals surface area contributed by atoms with E-state index in [0.717, 1.165) is 19.6 Å². The van der Waals surface area contributed by atoms with Crippen LogP contribution in [0.1, 0.15) is 12.0 Å². The topological polar surface area (TPSA) is 85.7 Å². The molecular formula is C19H24N4O3. The SMILES string of the molecule is COC(=O)CCN/C=C(/C#N)C(=O)N1CCN(Cc2ccccc2)CC1. The molecule has 2 rings (SSSR count). The molecule has 0 radical (unpaired) electrons. The molecule has 0 unspecified atom stereocenters. The number of nitrogens with one attached hydrogen (secondary N) is 1. The maximum Gasteiger partial charge on any atom is 0.307 e. The third-order valence-electron chi connectivity index (χ3n) is 4.21. The average molecular weight is 356 g/mol. The number of ether oxygens (including phenoxy) is 1. The predicted molar refractivity (Wildman–Crippen MR) is 96.6 cm³/mol. The third-order valence-corrected chi connectivity index (χ3v) is 4.21. The number of carbonyl (C=O) groups excluding carboxylic acids is 2. The average Bonchev–Trinajstić information content (AvgIpc) is 2.68. The molecule has 138 valence electrons. The van der Waals surface area contributed by atoms with Gasteiger partial charge in [-0.1, -0.05) is 30.3 Å². The predicted octanol–water partition coefficient (Wildman–Crippen LogP) is 0.891. The number of hydrogen-bond acceptors (Lipinski definition) is 6. The van der Waals surface area contributed by atoms with Gasteiger partial charge in [0.05, 0.1) is 13.5 Å². The second-order valence-electron chi connectivity index (χ2n) is 6.00. The summed E-state index contributed by atoms with van der Waals surface area (Å²) in [6.07, 6.45) is 1.56. The van der Waals surface area contributed by atoms with Crippen LogP contribution in [0.15, 0.2) is 42.1 Å². The van der Waals surface area contributed by atoms with E-state index in [4.69, 9.17) is 0 Å². The van der Waals surface area contributed by atoms with Crippen LogP contribution in [0.4, 0.5) is 0 Å². The molecule has 1 fully saturated rings. The number of benzene rings is 1. The van der Waals surface area contributed by atoms with Crippen LogP contribution in [-0.4, -0.2) is 61.5 Å². The Balaban J connectivity index is 1.80. The molecule has 1 aromatic carbocycles. The lowest BCUT2D eigenvalue weighted by molar-refractivity contribution is -0.140. The molecule has 0 bridgehead atoms. The normalized spacial score (nSPS) is 15.2. The second-order valence-corrected chi connectivity index (χ2v) is 6.00. The van der Waals surface area contributed by atoms with Gasteiger partial charge < -0.3 is 15.0 Å². The van der Waals surface area contributed by atoms with E-state index in [1.807, 2.05) is 24.3 Å². The van der Waals surface area contributed by atoms with Crippen LogP contribution in [0.25, 0.3) is 0 Å². The Kier molecular flexibility index (Phi) is 7.65. The minimum Gasteiger partial charge on any atom is -0.469 e. The minimum absolute atomic E-state index is 0.0476. The zero-order valence-electron chi connectivity index (χ0n) is 15.0. The van der Waals surface area contributed by atoms with Crippen LogP contribution in [0, 0.1) is 11.3 Å². The van der Waals surface area contributed by atoms with Crippen LogP contribution in [0.2, 0.25) is 0 Å². The van der Waals surface area contributed by atoms with Gasteiger partial charge in [0.1, 0.15) is 11.6 Å². The number of esters is 1. The van der Waals surface area contributed by atoms with Crippen molar-refractivity contribution in [3.05, 3.63) is 47.7 Å². The first-order valence-electron chi connectivity index (χ1n) is 8.60. The van der Waals surface area contributed by atoms with E-state index in [0.29, 0.717) is 19.6 Å². The van der Waals surface area contributed by atoms with Crippen LogP contribution in [-0.2, 0) is 20.9 Å². The molecule has 0 spiro atoms. The van der Waals surface area contributed by atoms with Gasteiger partial charge in [0, 0.05) is 45.5 Å². The van der Waals surface area contributed by atoms with Crippen LogP contribution < -0.4 is 5.32 Å². The maximum atomic E-state index is 12.5. The fraction of sp³-hybridized carbons (Fsp3) is 0.421. The van der Waals surface area contributed by atoms with E-state index in [2.05, 4.69) is 27.1 Å². The van der Waals surface area contributed by atoms with E-state index < -0.39 is 0 Å². The Morgan fingerprint density at radius 1 is 1.23 bits per heavy atom.